The molecule has 3 fully saturated rings. The molecule has 3 saturated carbocycles. The first-order chi connectivity index (χ1) is 18.4. The molecule has 10 heteroatoms. The molecule has 4 N–H and O–H groups in total. The van der Waals surface area contributed by atoms with E-state index in [-0.39, 0.29) is 24.2 Å². The number of carbonyl (C=O) groups is 2. The van der Waals surface area contributed by atoms with Gasteiger partial charge < -0.3 is 30.0 Å². The molecule has 0 aromatic heterocycles. The van der Waals surface area contributed by atoms with E-state index in [4.69, 9.17) is 9.47 Å². The summed E-state index contributed by atoms with van der Waals surface area (Å²) in [6.45, 7) is 11.7. The average molecular weight is 538 g/mol. The van der Waals surface area contributed by atoms with Gasteiger partial charge in [0, 0.05) is 16.7 Å². The first-order valence-electron chi connectivity index (χ1n) is 13.8. The summed E-state index contributed by atoms with van der Waals surface area (Å²) >= 11 is 0. The van der Waals surface area contributed by atoms with Crippen molar-refractivity contribution in [2.24, 2.45) is 39.1 Å². The summed E-state index contributed by atoms with van der Waals surface area (Å²) in [5, 5.41) is 39.0. The number of ketones is 1. The quantitative estimate of drug-likeness (QED) is 0.252. The Morgan fingerprint density at radius 3 is 2.74 bits per heavy atom. The molecule has 0 spiro atoms. The fourth-order valence-electron chi connectivity index (χ4n) is 8.06. The van der Waals surface area contributed by atoms with Gasteiger partial charge in [0.25, 0.3) is 0 Å². The van der Waals surface area contributed by atoms with E-state index in [9.17, 15) is 24.8 Å². The Labute approximate surface area is 229 Å². The van der Waals surface area contributed by atoms with Crippen LogP contribution in [-0.2, 0) is 14.3 Å². The number of esters is 1. The van der Waals surface area contributed by atoms with Crippen LogP contribution >= 0.6 is 0 Å². The minimum Gasteiger partial charge on any atom is -0.482 e. The predicted octanol–water partition coefficient (Wildman–Crippen LogP) is 1.57. The van der Waals surface area contributed by atoms with Gasteiger partial charge in [-0.1, -0.05) is 39.8 Å². The molecule has 0 unspecified atom stereocenters. The Bertz CT molecular complexity index is 1210. The van der Waals surface area contributed by atoms with E-state index in [0.717, 1.165) is 18.4 Å². The minimum atomic E-state index is -1.10. The molecule has 2 bridgehead atoms. The van der Waals surface area contributed by atoms with Gasteiger partial charge in [-0.3, -0.25) is 4.79 Å². The molecule has 9 atom stereocenters. The molecule has 0 saturated heterocycles. The SMILES string of the molecule is C=C[C@]1(C)C[C@@H](OC(=O)COc2ccc3c(c2)B(O)NN=C3)[C@]2(C)[C@H](C)CC[C@]3(C[C@H](O)C(=O)[C@H]32)[C@@H](C)[C@@H]1O. The van der Waals surface area contributed by atoms with Crippen LogP contribution in [0.4, 0.5) is 0 Å². The van der Waals surface area contributed by atoms with Gasteiger partial charge in [0.05, 0.1) is 12.3 Å². The van der Waals surface area contributed by atoms with Gasteiger partial charge in [-0.2, -0.15) is 5.10 Å². The summed E-state index contributed by atoms with van der Waals surface area (Å²) in [7, 11) is -0.979. The van der Waals surface area contributed by atoms with Crippen LogP contribution in [0, 0.1) is 34.0 Å². The van der Waals surface area contributed by atoms with E-state index >= 15 is 0 Å². The second-order valence-electron chi connectivity index (χ2n) is 12.6. The Morgan fingerprint density at radius 2 is 2.03 bits per heavy atom. The smallest absolute Gasteiger partial charge is 0.464 e. The molecule has 210 valence electrons. The summed E-state index contributed by atoms with van der Waals surface area (Å²) < 4.78 is 11.9. The van der Waals surface area contributed by atoms with Crippen LogP contribution in [0.2, 0.25) is 0 Å². The van der Waals surface area contributed by atoms with Crippen molar-refractivity contribution < 1.29 is 34.3 Å². The van der Waals surface area contributed by atoms with Crippen LogP contribution in [-0.4, -0.2) is 65.2 Å². The van der Waals surface area contributed by atoms with Crippen LogP contribution in [0.25, 0.3) is 0 Å². The zero-order valence-electron chi connectivity index (χ0n) is 23.1. The van der Waals surface area contributed by atoms with Crippen LogP contribution in [0.5, 0.6) is 5.75 Å². The Balaban J connectivity index is 1.44. The fraction of sp³-hybridized carbons (Fsp3) is 0.621. The third-order valence-electron chi connectivity index (χ3n) is 10.7. The highest BCUT2D eigenvalue weighted by Crippen LogP contribution is 2.68. The number of fused-ring (bicyclic) bond motifs is 1. The minimum absolute atomic E-state index is 0.0383. The Morgan fingerprint density at radius 1 is 1.28 bits per heavy atom. The zero-order chi connectivity index (χ0) is 28.3. The maximum absolute atomic E-state index is 13.6. The van der Waals surface area contributed by atoms with Crippen LogP contribution in [0.15, 0.2) is 36.0 Å². The topological polar surface area (TPSA) is 138 Å². The number of aliphatic hydroxyl groups excluding tert-OH is 2. The van der Waals surface area contributed by atoms with E-state index in [1.54, 1.807) is 30.5 Å². The Hall–Kier alpha value is -2.69. The number of benzene rings is 1. The van der Waals surface area contributed by atoms with Gasteiger partial charge >= 0.3 is 13.0 Å². The lowest BCUT2D eigenvalue weighted by atomic mass is 9.44. The summed E-state index contributed by atoms with van der Waals surface area (Å²) in [5.74, 6) is -1.17. The van der Waals surface area contributed by atoms with Crippen molar-refractivity contribution in [2.45, 2.75) is 71.7 Å². The van der Waals surface area contributed by atoms with Crippen molar-refractivity contribution in [3.63, 3.8) is 0 Å². The number of nitrogens with one attached hydrogen (secondary N) is 1. The van der Waals surface area contributed by atoms with E-state index in [0.29, 0.717) is 24.1 Å². The highest BCUT2D eigenvalue weighted by atomic mass is 16.6. The molecule has 3 aliphatic carbocycles. The van der Waals surface area contributed by atoms with Gasteiger partial charge in [-0.05, 0) is 66.1 Å². The second kappa shape index (κ2) is 9.75. The van der Waals surface area contributed by atoms with E-state index < -0.39 is 53.5 Å². The van der Waals surface area contributed by atoms with Gasteiger partial charge in [0.1, 0.15) is 18.0 Å². The fourth-order valence-corrected chi connectivity index (χ4v) is 8.06. The monoisotopic (exact) mass is 538 g/mol. The van der Waals surface area contributed by atoms with Crippen LogP contribution in [0.3, 0.4) is 0 Å². The zero-order valence-corrected chi connectivity index (χ0v) is 23.1. The lowest BCUT2D eigenvalue weighted by molar-refractivity contribution is -0.207. The summed E-state index contributed by atoms with van der Waals surface area (Å²) in [6.07, 6.45) is 2.80. The molecule has 5 rings (SSSR count). The third-order valence-corrected chi connectivity index (χ3v) is 10.7. The van der Waals surface area contributed by atoms with Gasteiger partial charge in [-0.25, -0.2) is 4.79 Å². The number of hydrazone groups is 1. The Kier molecular flexibility index (Phi) is 6.96. The molecular formula is C29H39BN2O7. The number of ether oxygens (including phenoxy) is 2. The largest absolute Gasteiger partial charge is 0.482 e. The van der Waals surface area contributed by atoms with Crippen molar-refractivity contribution in [3.8, 4) is 5.75 Å². The number of carbonyl (C=O) groups excluding carboxylic acids is 2. The van der Waals surface area contributed by atoms with Crippen LogP contribution < -0.4 is 15.5 Å². The second-order valence-corrected chi connectivity index (χ2v) is 12.6. The highest BCUT2D eigenvalue weighted by molar-refractivity contribution is 6.65. The molecule has 0 radical (unpaired) electrons. The molecule has 9 nitrogen and oxygen atoms in total. The maximum Gasteiger partial charge on any atom is 0.464 e. The number of rotatable bonds is 5. The number of aliphatic hydroxyl groups is 2. The van der Waals surface area contributed by atoms with Crippen molar-refractivity contribution in [1.82, 2.24) is 5.34 Å². The molecule has 1 heterocycles. The number of nitrogens with zero attached hydrogens (tertiary/aromatic N) is 1. The van der Waals surface area contributed by atoms with Crippen LogP contribution in [0.1, 0.15) is 58.9 Å². The predicted molar refractivity (Wildman–Crippen MR) is 146 cm³/mol. The van der Waals surface area contributed by atoms with E-state index in [1.807, 2.05) is 20.8 Å². The maximum atomic E-state index is 13.6. The van der Waals surface area contributed by atoms with Gasteiger partial charge in [0.2, 0.25) is 0 Å². The molecule has 4 aliphatic rings. The summed E-state index contributed by atoms with van der Waals surface area (Å²) in [6, 6.07) is 5.08. The molecule has 0 amide bonds. The van der Waals surface area contributed by atoms with E-state index in [2.05, 4.69) is 23.9 Å². The first-order valence-corrected chi connectivity index (χ1v) is 13.8. The number of Topliss-reactive ketones (excluding diaryl/α,β-unsaturated/α-hetero) is 1. The van der Waals surface area contributed by atoms with Crippen molar-refractivity contribution >= 4 is 30.5 Å². The molecule has 1 aromatic carbocycles. The average Bonchev–Trinajstić information content (AvgIpc) is 3.19. The standard InChI is InChI=1S/C29H39BN2O7/c1-6-27(4)13-22(39-23(34)15-38-19-8-7-18-14-31-32-30(37)20(18)11-19)28(5)16(2)9-10-29(17(3)26(27)36)12-21(33)24(35)25(28)29/h6-8,11,14,16-17,21-22,25-26,32-33,36-37H,1,9-10,12-13,15H2,2-5H3/t16-,17+,21+,22-,25+,26+,27-,28+,29+/m1/s1. The lowest BCUT2D eigenvalue weighted by Crippen LogP contribution is -2.63. The molecular weight excluding hydrogens is 499 g/mol. The van der Waals surface area contributed by atoms with Crippen molar-refractivity contribution in [2.75, 3.05) is 6.61 Å². The summed E-state index contributed by atoms with van der Waals surface area (Å²) in [5.41, 5.74) is -0.791. The van der Waals surface area contributed by atoms with E-state index in [1.165, 1.54) is 0 Å². The molecule has 1 aromatic rings. The number of hydrogen-bond donors (Lipinski definition) is 4. The lowest BCUT2D eigenvalue weighted by Gasteiger charge is -2.61. The first kappa shape index (κ1) is 27.9. The molecule has 1 aliphatic heterocycles. The summed E-state index contributed by atoms with van der Waals surface area (Å²) in [4.78, 5) is 26.9. The van der Waals surface area contributed by atoms with Gasteiger partial charge in [0.15, 0.2) is 12.4 Å². The number of hydrogen-bond acceptors (Lipinski definition) is 9. The highest BCUT2D eigenvalue weighted by Gasteiger charge is 2.70. The van der Waals surface area contributed by atoms with Crippen molar-refractivity contribution in [3.05, 3.63) is 36.4 Å². The van der Waals surface area contributed by atoms with Gasteiger partial charge in [-0.15, -0.1) is 6.58 Å². The molecule has 39 heavy (non-hydrogen) atoms. The normalized spacial score (nSPS) is 41.0. The third kappa shape index (κ3) is 4.23. The van der Waals surface area contributed by atoms with Crippen molar-refractivity contribution in [1.29, 1.82) is 0 Å².